The minimum absolute atomic E-state index is 0.00777. The second-order valence-electron chi connectivity index (χ2n) is 8.13. The Kier molecular flexibility index (Phi) is 8.28. The van der Waals surface area contributed by atoms with Crippen LogP contribution in [-0.2, 0) is 26.3 Å². The predicted octanol–water partition coefficient (Wildman–Crippen LogP) is 5.45. The molecule has 0 saturated carbocycles. The molecule has 0 atom stereocenters. The summed E-state index contributed by atoms with van der Waals surface area (Å²) < 4.78 is 50.2. The third-order valence-corrected chi connectivity index (χ3v) is 7.88. The fourth-order valence-corrected chi connectivity index (χ4v) is 5.58. The van der Waals surface area contributed by atoms with Gasteiger partial charge in [0.05, 0.1) is 18.6 Å². The van der Waals surface area contributed by atoms with Crippen LogP contribution >= 0.6 is 23.4 Å². The van der Waals surface area contributed by atoms with Gasteiger partial charge in [0.1, 0.15) is 10.7 Å². The molecule has 0 aromatic heterocycles. The first-order valence-corrected chi connectivity index (χ1v) is 13.8. The number of benzene rings is 3. The minimum atomic E-state index is -4.37. The number of halogens is 2. The molecule has 1 aliphatic heterocycles. The highest BCUT2D eigenvalue weighted by atomic mass is 35.5. The van der Waals surface area contributed by atoms with Gasteiger partial charge in [-0.3, -0.25) is 19.3 Å². The van der Waals surface area contributed by atoms with E-state index in [1.54, 1.807) is 6.07 Å². The lowest BCUT2D eigenvalue weighted by Crippen LogP contribution is -2.27. The largest absolute Gasteiger partial charge is 0.493 e. The molecule has 1 aliphatic rings. The Morgan fingerprint density at radius 2 is 1.85 bits per heavy atom. The highest BCUT2D eigenvalue weighted by Crippen LogP contribution is 2.39. The number of imide groups is 1. The van der Waals surface area contributed by atoms with Crippen LogP contribution in [0.5, 0.6) is 11.5 Å². The molecule has 9 nitrogen and oxygen atoms in total. The maximum absolute atomic E-state index is 13.4. The van der Waals surface area contributed by atoms with Crippen LogP contribution in [0.1, 0.15) is 18.1 Å². The average Bonchev–Trinajstić information content (AvgIpc) is 3.13. The lowest BCUT2D eigenvalue weighted by atomic mass is 10.1. The van der Waals surface area contributed by atoms with Crippen molar-refractivity contribution in [2.75, 3.05) is 12.4 Å². The maximum atomic E-state index is 13.4. The van der Waals surface area contributed by atoms with Gasteiger partial charge in [0.2, 0.25) is 5.91 Å². The molecule has 1 saturated heterocycles. The number of amides is 3. The summed E-state index contributed by atoms with van der Waals surface area (Å²) in [7, 11) is -3.05. The molecule has 13 heteroatoms. The lowest BCUT2D eigenvalue weighted by molar-refractivity contribution is -0.123. The molecule has 3 amide bonds. The first-order valence-electron chi connectivity index (χ1n) is 11.2. The summed E-state index contributed by atoms with van der Waals surface area (Å²) in [6.45, 7) is 1.15. The standard InChI is InChI=1S/C26H20ClFN2O7S2/c1-15(31)29-19-8-10-20(11-9-19)39(34,35)37-24-16(4-3-5-22(24)36-2)12-23-25(32)30(26(33)38-23)14-17-6-7-18(28)13-21(17)27/h3-13H,14H2,1-2H3,(H,29,31)/b23-12-. The summed E-state index contributed by atoms with van der Waals surface area (Å²) in [5.41, 5.74) is 0.942. The number of carbonyl (C=O) groups is 3. The topological polar surface area (TPSA) is 119 Å². The first kappa shape index (κ1) is 28.1. The number of hydrogen-bond acceptors (Lipinski definition) is 8. The number of nitrogens with zero attached hydrogens (tertiary/aromatic N) is 1. The monoisotopic (exact) mass is 590 g/mol. The van der Waals surface area contributed by atoms with Gasteiger partial charge in [0.15, 0.2) is 11.5 Å². The van der Waals surface area contributed by atoms with Gasteiger partial charge in [-0.05, 0) is 65.9 Å². The van der Waals surface area contributed by atoms with Crippen LogP contribution < -0.4 is 14.2 Å². The van der Waals surface area contributed by atoms with Crippen molar-refractivity contribution in [1.29, 1.82) is 0 Å². The number of ether oxygens (including phenoxy) is 1. The van der Waals surface area contributed by atoms with Gasteiger partial charge in [-0.1, -0.05) is 29.8 Å². The first-order chi connectivity index (χ1) is 18.5. The van der Waals surface area contributed by atoms with Gasteiger partial charge in [-0.25, -0.2) is 4.39 Å². The third kappa shape index (κ3) is 6.41. The molecule has 202 valence electrons. The predicted molar refractivity (Wildman–Crippen MR) is 144 cm³/mol. The summed E-state index contributed by atoms with van der Waals surface area (Å²) in [4.78, 5) is 37.7. The Morgan fingerprint density at radius 3 is 2.49 bits per heavy atom. The number of rotatable bonds is 8. The Hall–Kier alpha value is -3.87. The van der Waals surface area contributed by atoms with E-state index in [1.165, 1.54) is 68.6 Å². The van der Waals surface area contributed by atoms with Crippen LogP contribution in [0.15, 0.2) is 70.5 Å². The summed E-state index contributed by atoms with van der Waals surface area (Å²) >= 11 is 6.70. The summed E-state index contributed by atoms with van der Waals surface area (Å²) in [6.07, 6.45) is 1.32. The molecule has 0 unspecified atom stereocenters. The van der Waals surface area contributed by atoms with Gasteiger partial charge in [0, 0.05) is 23.2 Å². The van der Waals surface area contributed by atoms with Crippen molar-refractivity contribution in [3.63, 3.8) is 0 Å². The van der Waals surface area contributed by atoms with Crippen LogP contribution in [0.4, 0.5) is 14.9 Å². The van der Waals surface area contributed by atoms with Crippen molar-refractivity contribution < 1.29 is 36.1 Å². The van der Waals surface area contributed by atoms with E-state index in [0.717, 1.165) is 11.0 Å². The normalized spacial score (nSPS) is 14.6. The third-order valence-electron chi connectivity index (χ3n) is 5.39. The fourth-order valence-electron chi connectivity index (χ4n) is 3.56. The van der Waals surface area contributed by atoms with Crippen molar-refractivity contribution in [1.82, 2.24) is 4.90 Å². The highest BCUT2D eigenvalue weighted by molar-refractivity contribution is 8.18. The van der Waals surface area contributed by atoms with E-state index < -0.39 is 27.1 Å². The average molecular weight is 591 g/mol. The molecule has 1 fully saturated rings. The van der Waals surface area contributed by atoms with Crippen LogP contribution in [-0.4, -0.2) is 37.5 Å². The quantitative estimate of drug-likeness (QED) is 0.272. The van der Waals surface area contributed by atoms with Crippen LogP contribution in [0.25, 0.3) is 6.08 Å². The van der Waals surface area contributed by atoms with Gasteiger partial charge in [0.25, 0.3) is 11.1 Å². The van der Waals surface area contributed by atoms with Gasteiger partial charge in [-0.2, -0.15) is 8.42 Å². The molecule has 0 spiro atoms. The molecule has 4 rings (SSSR count). The number of thioether (sulfide) groups is 1. The molecular weight excluding hydrogens is 571 g/mol. The van der Waals surface area contributed by atoms with E-state index in [9.17, 15) is 27.2 Å². The second-order valence-corrected chi connectivity index (χ2v) is 11.1. The summed E-state index contributed by atoms with van der Waals surface area (Å²) in [6, 6.07) is 13.5. The van der Waals surface area contributed by atoms with E-state index in [2.05, 4.69) is 5.32 Å². The SMILES string of the molecule is COc1cccc(/C=C2\SC(=O)N(Cc3ccc(F)cc3Cl)C2=O)c1OS(=O)(=O)c1ccc(NC(C)=O)cc1. The zero-order chi connectivity index (χ0) is 28.3. The highest BCUT2D eigenvalue weighted by Gasteiger charge is 2.36. The number of para-hydroxylation sites is 1. The zero-order valence-electron chi connectivity index (χ0n) is 20.4. The van der Waals surface area contributed by atoms with Crippen LogP contribution in [0, 0.1) is 5.82 Å². The molecule has 39 heavy (non-hydrogen) atoms. The maximum Gasteiger partial charge on any atom is 0.339 e. The second kappa shape index (κ2) is 11.5. The Balaban J connectivity index is 1.63. The number of hydrogen-bond donors (Lipinski definition) is 1. The molecule has 0 bridgehead atoms. The van der Waals surface area contributed by atoms with Crippen molar-refractivity contribution in [2.24, 2.45) is 0 Å². The number of carbonyl (C=O) groups excluding carboxylic acids is 3. The molecule has 0 aliphatic carbocycles. The molecule has 3 aromatic carbocycles. The van der Waals surface area contributed by atoms with Gasteiger partial charge >= 0.3 is 10.1 Å². The van der Waals surface area contributed by atoms with E-state index in [-0.39, 0.29) is 44.3 Å². The van der Waals surface area contributed by atoms with E-state index >= 15 is 0 Å². The van der Waals surface area contributed by atoms with E-state index in [4.69, 9.17) is 20.5 Å². The number of nitrogens with one attached hydrogen (secondary N) is 1. The summed E-state index contributed by atoms with van der Waals surface area (Å²) in [5.74, 6) is -1.64. The van der Waals surface area contributed by atoms with Crippen molar-refractivity contribution in [3.05, 3.63) is 87.5 Å². The number of anilines is 1. The van der Waals surface area contributed by atoms with Crippen molar-refractivity contribution >= 4 is 62.3 Å². The van der Waals surface area contributed by atoms with Crippen molar-refractivity contribution in [3.8, 4) is 11.5 Å². The Labute approximate surface area is 232 Å². The van der Waals surface area contributed by atoms with Crippen LogP contribution in [0.2, 0.25) is 5.02 Å². The lowest BCUT2D eigenvalue weighted by Gasteiger charge is -2.14. The summed E-state index contributed by atoms with van der Waals surface area (Å²) in [5, 5.41) is 2.03. The molecule has 0 radical (unpaired) electrons. The van der Waals surface area contributed by atoms with Crippen molar-refractivity contribution in [2.45, 2.75) is 18.4 Å². The fraction of sp³-hybridized carbons (Fsp3) is 0.115. The molecule has 1 heterocycles. The van der Waals surface area contributed by atoms with E-state index in [1.807, 2.05) is 0 Å². The van der Waals surface area contributed by atoms with Crippen LogP contribution in [0.3, 0.4) is 0 Å². The van der Waals surface area contributed by atoms with Gasteiger partial charge in [-0.15, -0.1) is 0 Å². The smallest absolute Gasteiger partial charge is 0.339 e. The molecular formula is C26H20ClFN2O7S2. The van der Waals surface area contributed by atoms with E-state index in [0.29, 0.717) is 23.0 Å². The number of methoxy groups -OCH3 is 1. The minimum Gasteiger partial charge on any atom is -0.493 e. The Morgan fingerprint density at radius 1 is 1.13 bits per heavy atom. The Bertz CT molecular complexity index is 1610. The molecule has 3 aromatic rings. The zero-order valence-corrected chi connectivity index (χ0v) is 22.8. The van der Waals surface area contributed by atoms with Gasteiger partial charge < -0.3 is 14.2 Å². The molecule has 1 N–H and O–H groups in total.